The highest BCUT2D eigenvalue weighted by atomic mass is 32.1. The van der Waals surface area contributed by atoms with Crippen LogP contribution in [0.3, 0.4) is 0 Å². The molecule has 1 saturated carbocycles. The molecular weight excluding hydrogens is 268 g/mol. The van der Waals surface area contributed by atoms with E-state index in [0.717, 1.165) is 31.0 Å². The van der Waals surface area contributed by atoms with E-state index in [1.165, 1.54) is 19.3 Å². The van der Waals surface area contributed by atoms with Crippen LogP contribution in [0, 0.1) is 0 Å². The van der Waals surface area contributed by atoms with Crippen molar-refractivity contribution < 1.29 is 0 Å². The first-order chi connectivity index (χ1) is 9.32. The molecule has 0 radical (unpaired) electrons. The topological polar surface area (TPSA) is 40.0 Å². The van der Waals surface area contributed by atoms with Crippen LogP contribution in [0.15, 0.2) is 10.2 Å². The summed E-state index contributed by atoms with van der Waals surface area (Å²) in [5.74, 6) is 0. The minimum atomic E-state index is -0.287. The molecule has 0 spiro atoms. The molecule has 1 aliphatic rings. The Morgan fingerprint density at radius 2 is 1.70 bits per heavy atom. The molecule has 1 rings (SSSR count). The van der Waals surface area contributed by atoms with E-state index in [1.54, 1.807) is 0 Å². The summed E-state index contributed by atoms with van der Waals surface area (Å²) in [6, 6.07) is 0. The van der Waals surface area contributed by atoms with Gasteiger partial charge >= 0.3 is 0 Å². The number of rotatable bonds is 4. The highest BCUT2D eigenvalue weighted by Crippen LogP contribution is 2.31. The van der Waals surface area contributed by atoms with Gasteiger partial charge in [0.25, 0.3) is 0 Å². The van der Waals surface area contributed by atoms with Crippen LogP contribution < -0.4 is 5.32 Å². The molecule has 0 aliphatic heterocycles. The van der Waals surface area contributed by atoms with Crippen LogP contribution >= 0.6 is 12.2 Å². The lowest BCUT2D eigenvalue weighted by Gasteiger charge is -2.37. The van der Waals surface area contributed by atoms with E-state index in [1.807, 2.05) is 0 Å². The van der Waals surface area contributed by atoms with E-state index in [-0.39, 0.29) is 11.2 Å². The van der Waals surface area contributed by atoms with Gasteiger partial charge < -0.3 is 10.2 Å². The van der Waals surface area contributed by atoms with Crippen LogP contribution in [-0.2, 0) is 0 Å². The van der Waals surface area contributed by atoms with Crippen molar-refractivity contribution in [3.8, 4) is 0 Å². The number of azo groups is 1. The van der Waals surface area contributed by atoms with Gasteiger partial charge in [-0.1, -0.05) is 6.42 Å². The molecule has 0 heterocycles. The third kappa shape index (κ3) is 5.35. The van der Waals surface area contributed by atoms with Gasteiger partial charge in [0.05, 0.1) is 5.54 Å². The smallest absolute Gasteiger partial charge is 0.170 e. The predicted octanol–water partition coefficient (Wildman–Crippen LogP) is 4.11. The Morgan fingerprint density at radius 3 is 2.15 bits per heavy atom. The number of nitrogens with one attached hydrogen (secondary N) is 1. The Labute approximate surface area is 129 Å². The van der Waals surface area contributed by atoms with Gasteiger partial charge in [-0.3, -0.25) is 0 Å². The van der Waals surface area contributed by atoms with E-state index in [2.05, 4.69) is 55.1 Å². The van der Waals surface area contributed by atoms with Crippen molar-refractivity contribution in [2.45, 2.75) is 77.9 Å². The molecule has 1 aliphatic carbocycles. The summed E-state index contributed by atoms with van der Waals surface area (Å²) in [5.41, 5.74) is -0.422. The highest BCUT2D eigenvalue weighted by Gasteiger charge is 2.34. The van der Waals surface area contributed by atoms with Crippen molar-refractivity contribution in [2.24, 2.45) is 10.2 Å². The molecule has 0 aromatic heterocycles. The Hall–Kier alpha value is -0.710. The zero-order chi connectivity index (χ0) is 15.2. The highest BCUT2D eigenvalue weighted by molar-refractivity contribution is 7.80. The van der Waals surface area contributed by atoms with Gasteiger partial charge in [-0.15, -0.1) is 0 Å². The minimum Gasteiger partial charge on any atom is -0.350 e. The van der Waals surface area contributed by atoms with Crippen LogP contribution in [0.25, 0.3) is 0 Å². The predicted molar refractivity (Wildman–Crippen MR) is 89.1 cm³/mol. The lowest BCUT2D eigenvalue weighted by molar-refractivity contribution is 0.247. The van der Waals surface area contributed by atoms with Gasteiger partial charge in [0, 0.05) is 13.1 Å². The van der Waals surface area contributed by atoms with Crippen molar-refractivity contribution in [1.29, 1.82) is 0 Å². The first-order valence-electron chi connectivity index (χ1n) is 7.83. The van der Waals surface area contributed by atoms with E-state index in [9.17, 15) is 0 Å². The van der Waals surface area contributed by atoms with E-state index >= 15 is 0 Å². The van der Waals surface area contributed by atoms with Crippen LogP contribution in [0.1, 0.15) is 66.7 Å². The molecule has 5 heteroatoms. The molecular formula is C15H30N4S. The third-order valence-electron chi connectivity index (χ3n) is 3.61. The van der Waals surface area contributed by atoms with Crippen molar-refractivity contribution >= 4 is 17.3 Å². The fraction of sp³-hybridized carbons (Fsp3) is 0.933. The summed E-state index contributed by atoms with van der Waals surface area (Å²) in [5, 5.41) is 13.5. The molecule has 0 amide bonds. The zero-order valence-electron chi connectivity index (χ0n) is 13.7. The maximum atomic E-state index is 5.55. The fourth-order valence-corrected chi connectivity index (χ4v) is 2.87. The molecule has 20 heavy (non-hydrogen) atoms. The summed E-state index contributed by atoms with van der Waals surface area (Å²) in [7, 11) is 0. The maximum Gasteiger partial charge on any atom is 0.170 e. The standard InChI is InChI=1S/C15H30N4S/c1-6-19(7-2)13(20)16-15(11-9-8-10-12-15)18-17-14(3,4)5/h6-12H2,1-5H3,(H,16,20)/b18-17+. The van der Waals surface area contributed by atoms with Gasteiger partial charge in [-0.25, -0.2) is 0 Å². The van der Waals surface area contributed by atoms with E-state index < -0.39 is 0 Å². The van der Waals surface area contributed by atoms with Crippen molar-refractivity contribution in [3.63, 3.8) is 0 Å². The van der Waals surface area contributed by atoms with Crippen molar-refractivity contribution in [2.75, 3.05) is 13.1 Å². The molecule has 0 saturated heterocycles. The molecule has 4 nitrogen and oxygen atoms in total. The third-order valence-corrected chi connectivity index (χ3v) is 3.97. The lowest BCUT2D eigenvalue weighted by Crippen LogP contribution is -2.53. The molecule has 1 fully saturated rings. The number of hydrogen-bond donors (Lipinski definition) is 1. The largest absolute Gasteiger partial charge is 0.350 e. The average molecular weight is 299 g/mol. The number of hydrogen-bond acceptors (Lipinski definition) is 3. The average Bonchev–Trinajstić information content (AvgIpc) is 2.38. The monoisotopic (exact) mass is 298 g/mol. The summed E-state index contributed by atoms with van der Waals surface area (Å²) < 4.78 is 0. The Balaban J connectivity index is 2.83. The molecule has 0 atom stereocenters. The summed E-state index contributed by atoms with van der Waals surface area (Å²) in [6.45, 7) is 12.3. The lowest BCUT2D eigenvalue weighted by atomic mass is 9.89. The van der Waals surface area contributed by atoms with E-state index in [4.69, 9.17) is 12.2 Å². The van der Waals surface area contributed by atoms with Crippen molar-refractivity contribution in [1.82, 2.24) is 10.2 Å². The second-order valence-corrected chi connectivity index (χ2v) is 6.95. The number of nitrogens with zero attached hydrogens (tertiary/aromatic N) is 3. The SMILES string of the molecule is CCN(CC)C(=S)NC1(/N=N/C(C)(C)C)CCCCC1. The fourth-order valence-electron chi connectivity index (χ4n) is 2.42. The normalized spacial score (nSPS) is 19.1. The Bertz CT molecular complexity index is 336. The van der Waals surface area contributed by atoms with Crippen LogP contribution in [-0.4, -0.2) is 34.3 Å². The van der Waals surface area contributed by atoms with Gasteiger partial charge in [0.15, 0.2) is 10.8 Å². The second-order valence-electron chi connectivity index (χ2n) is 6.57. The Morgan fingerprint density at radius 1 is 1.15 bits per heavy atom. The maximum absolute atomic E-state index is 5.55. The summed E-state index contributed by atoms with van der Waals surface area (Å²) in [4.78, 5) is 2.16. The summed E-state index contributed by atoms with van der Waals surface area (Å²) in [6.07, 6.45) is 5.71. The zero-order valence-corrected chi connectivity index (χ0v) is 14.5. The molecule has 0 unspecified atom stereocenters. The molecule has 0 aromatic rings. The van der Waals surface area contributed by atoms with Crippen LogP contribution in [0.2, 0.25) is 0 Å². The van der Waals surface area contributed by atoms with E-state index in [0.29, 0.717) is 0 Å². The van der Waals surface area contributed by atoms with Gasteiger partial charge in [0.1, 0.15) is 0 Å². The quantitative estimate of drug-likeness (QED) is 0.627. The van der Waals surface area contributed by atoms with Gasteiger partial charge in [0.2, 0.25) is 0 Å². The molecule has 116 valence electrons. The Kier molecular flexibility index (Phi) is 6.37. The molecule has 0 aromatic carbocycles. The minimum absolute atomic E-state index is 0.136. The first kappa shape index (κ1) is 17.3. The summed E-state index contributed by atoms with van der Waals surface area (Å²) >= 11 is 5.55. The molecule has 0 bridgehead atoms. The molecule has 1 N–H and O–H groups in total. The number of thiocarbonyl (C=S) groups is 1. The van der Waals surface area contributed by atoms with Crippen LogP contribution in [0.4, 0.5) is 0 Å². The first-order valence-corrected chi connectivity index (χ1v) is 8.24. The van der Waals surface area contributed by atoms with Crippen LogP contribution in [0.5, 0.6) is 0 Å². The second kappa shape index (κ2) is 7.34. The van der Waals surface area contributed by atoms with Gasteiger partial charge in [-0.2, -0.15) is 10.2 Å². The van der Waals surface area contributed by atoms with Gasteiger partial charge in [-0.05, 0) is 72.5 Å². The van der Waals surface area contributed by atoms with Crippen molar-refractivity contribution in [3.05, 3.63) is 0 Å².